The lowest BCUT2D eigenvalue weighted by atomic mass is 9.43. The van der Waals surface area contributed by atoms with Gasteiger partial charge in [-0.2, -0.15) is 0 Å². The standard InChI is InChI=1S/C30H52N2O5/c1-19(8-11-26(35)31-16-6-4-5-7-27(36)32-37)22-9-10-23-28-24(13-15-30(22,23)3)29(2)14-12-21(33)17-20(29)18-25(28)34/h19-25,28,33-34,37H,4-18H2,1-3H3,(H,31,35)(H,32,36)/t19-,20+,21-,22-,23+,24+,25+,28+,29+,30-/m1/s1. The van der Waals surface area contributed by atoms with Gasteiger partial charge in [-0.25, -0.2) is 5.48 Å². The first-order valence-corrected chi connectivity index (χ1v) is 15.2. The minimum Gasteiger partial charge on any atom is -0.393 e. The van der Waals surface area contributed by atoms with Crippen LogP contribution in [0.4, 0.5) is 0 Å². The highest BCUT2D eigenvalue weighted by Gasteiger charge is 2.62. The molecule has 0 heterocycles. The van der Waals surface area contributed by atoms with Crippen LogP contribution in [0, 0.1) is 46.3 Å². The fourth-order valence-corrected chi connectivity index (χ4v) is 9.69. The number of hydrogen-bond acceptors (Lipinski definition) is 5. The Hall–Kier alpha value is -1.18. The number of carbonyl (C=O) groups excluding carboxylic acids is 2. The monoisotopic (exact) mass is 520 g/mol. The summed E-state index contributed by atoms with van der Waals surface area (Å²) < 4.78 is 0. The highest BCUT2D eigenvalue weighted by Crippen LogP contribution is 2.68. The molecule has 4 aliphatic rings. The number of rotatable bonds is 10. The van der Waals surface area contributed by atoms with Gasteiger partial charge in [0, 0.05) is 19.4 Å². The van der Waals surface area contributed by atoms with E-state index in [2.05, 4.69) is 26.1 Å². The van der Waals surface area contributed by atoms with Crippen LogP contribution in [0.3, 0.4) is 0 Å². The molecule has 0 aromatic heterocycles. The second-order valence-electron chi connectivity index (χ2n) is 13.7. The summed E-state index contributed by atoms with van der Waals surface area (Å²) in [5, 5.41) is 33.3. The van der Waals surface area contributed by atoms with Gasteiger partial charge in [-0.15, -0.1) is 0 Å². The van der Waals surface area contributed by atoms with Gasteiger partial charge in [-0.05, 0) is 117 Å². The molecule has 4 fully saturated rings. The maximum absolute atomic E-state index is 12.5. The van der Waals surface area contributed by atoms with Crippen molar-refractivity contribution in [1.82, 2.24) is 10.8 Å². The van der Waals surface area contributed by atoms with Crippen molar-refractivity contribution in [3.63, 3.8) is 0 Å². The predicted molar refractivity (Wildman–Crippen MR) is 142 cm³/mol. The van der Waals surface area contributed by atoms with E-state index in [1.807, 2.05) is 0 Å². The Bertz CT molecular complexity index is 807. The third-order valence-corrected chi connectivity index (χ3v) is 11.8. The van der Waals surface area contributed by atoms with E-state index in [9.17, 15) is 19.8 Å². The predicted octanol–water partition coefficient (Wildman–Crippen LogP) is 4.58. The molecule has 0 aromatic rings. The Morgan fingerprint density at radius 2 is 1.62 bits per heavy atom. The number of amides is 2. The number of hydroxylamine groups is 1. The first-order valence-electron chi connectivity index (χ1n) is 15.2. The van der Waals surface area contributed by atoms with Crippen molar-refractivity contribution in [2.75, 3.05) is 6.54 Å². The van der Waals surface area contributed by atoms with Gasteiger partial charge in [0.2, 0.25) is 11.8 Å². The fourth-order valence-electron chi connectivity index (χ4n) is 9.69. The topological polar surface area (TPSA) is 119 Å². The molecule has 2 amide bonds. The van der Waals surface area contributed by atoms with Crippen LogP contribution in [0.25, 0.3) is 0 Å². The van der Waals surface area contributed by atoms with E-state index < -0.39 is 0 Å². The third-order valence-electron chi connectivity index (χ3n) is 11.8. The lowest BCUT2D eigenvalue weighted by molar-refractivity contribution is -0.174. The van der Waals surface area contributed by atoms with Gasteiger partial charge in [-0.3, -0.25) is 14.8 Å². The minimum atomic E-state index is -0.362. The minimum absolute atomic E-state index is 0.115. The van der Waals surface area contributed by atoms with Crippen LogP contribution in [0.2, 0.25) is 0 Å². The molecule has 0 aromatic carbocycles. The molecule has 37 heavy (non-hydrogen) atoms. The van der Waals surface area contributed by atoms with E-state index in [-0.39, 0.29) is 34.9 Å². The van der Waals surface area contributed by atoms with Crippen molar-refractivity contribution in [2.45, 2.75) is 123 Å². The van der Waals surface area contributed by atoms with E-state index in [1.165, 1.54) is 25.7 Å². The number of fused-ring (bicyclic) bond motifs is 5. The molecular formula is C30H52N2O5. The summed E-state index contributed by atoms with van der Waals surface area (Å²) in [6.07, 6.45) is 12.3. The van der Waals surface area contributed by atoms with Gasteiger partial charge in [0.1, 0.15) is 0 Å². The van der Waals surface area contributed by atoms with E-state index >= 15 is 0 Å². The quantitative estimate of drug-likeness (QED) is 0.164. The average molecular weight is 521 g/mol. The van der Waals surface area contributed by atoms with Crippen molar-refractivity contribution < 1.29 is 25.0 Å². The zero-order valence-corrected chi connectivity index (χ0v) is 23.4. The molecule has 10 atom stereocenters. The van der Waals surface area contributed by atoms with Crippen molar-refractivity contribution >= 4 is 11.8 Å². The van der Waals surface area contributed by atoms with E-state index in [0.29, 0.717) is 61.3 Å². The van der Waals surface area contributed by atoms with Crippen LogP contribution in [0.15, 0.2) is 0 Å². The lowest BCUT2D eigenvalue weighted by Gasteiger charge is -2.62. The molecule has 0 spiro atoms. The van der Waals surface area contributed by atoms with Crippen molar-refractivity contribution in [1.29, 1.82) is 0 Å². The van der Waals surface area contributed by atoms with Crippen LogP contribution in [-0.2, 0) is 9.59 Å². The van der Waals surface area contributed by atoms with Crippen LogP contribution in [-0.4, -0.2) is 46.0 Å². The van der Waals surface area contributed by atoms with Crippen LogP contribution in [0.1, 0.15) is 111 Å². The largest absolute Gasteiger partial charge is 0.393 e. The third kappa shape index (κ3) is 5.89. The summed E-state index contributed by atoms with van der Waals surface area (Å²) >= 11 is 0. The normalized spacial score (nSPS) is 41.7. The molecule has 0 saturated heterocycles. The van der Waals surface area contributed by atoms with E-state index in [1.54, 1.807) is 5.48 Å². The van der Waals surface area contributed by atoms with Gasteiger partial charge >= 0.3 is 0 Å². The molecule has 4 aliphatic carbocycles. The summed E-state index contributed by atoms with van der Waals surface area (Å²) in [6.45, 7) is 7.93. The van der Waals surface area contributed by atoms with Gasteiger partial charge < -0.3 is 15.5 Å². The summed E-state index contributed by atoms with van der Waals surface area (Å²) in [4.78, 5) is 23.5. The maximum Gasteiger partial charge on any atom is 0.243 e. The molecule has 4 saturated carbocycles. The fraction of sp³-hybridized carbons (Fsp3) is 0.933. The van der Waals surface area contributed by atoms with E-state index in [0.717, 1.165) is 44.9 Å². The highest BCUT2D eigenvalue weighted by molar-refractivity contribution is 5.75. The number of carbonyl (C=O) groups is 2. The van der Waals surface area contributed by atoms with Crippen LogP contribution < -0.4 is 10.8 Å². The highest BCUT2D eigenvalue weighted by atomic mass is 16.5. The first kappa shape index (κ1) is 28.8. The smallest absolute Gasteiger partial charge is 0.243 e. The number of nitrogens with one attached hydrogen (secondary N) is 2. The molecule has 0 bridgehead atoms. The SMILES string of the molecule is C[C@H](CCC(=O)NCCCCCC(=O)NO)[C@H]1CC[C@H]2[C@@H]3[C@@H](O)C[C@@H]4C[C@H](O)CC[C@]4(C)[C@H]3CC[C@]12C. The van der Waals surface area contributed by atoms with Crippen molar-refractivity contribution in [3.8, 4) is 0 Å². The molecular weight excluding hydrogens is 468 g/mol. The number of unbranched alkanes of at least 4 members (excludes halogenated alkanes) is 2. The van der Waals surface area contributed by atoms with Crippen LogP contribution >= 0.6 is 0 Å². The molecule has 7 heteroatoms. The number of aliphatic hydroxyl groups excluding tert-OH is 2. The molecule has 7 nitrogen and oxygen atoms in total. The van der Waals surface area contributed by atoms with Crippen molar-refractivity contribution in [3.05, 3.63) is 0 Å². The molecule has 0 radical (unpaired) electrons. The Kier molecular flexibility index (Phi) is 9.28. The van der Waals surface area contributed by atoms with Gasteiger partial charge in [0.15, 0.2) is 0 Å². The molecule has 212 valence electrons. The van der Waals surface area contributed by atoms with Gasteiger partial charge in [-0.1, -0.05) is 27.2 Å². The summed E-state index contributed by atoms with van der Waals surface area (Å²) in [6, 6.07) is 0. The Labute approximate surface area is 223 Å². The van der Waals surface area contributed by atoms with E-state index in [4.69, 9.17) is 5.21 Å². The molecule has 5 N–H and O–H groups in total. The summed E-state index contributed by atoms with van der Waals surface area (Å²) in [5.74, 6) is 2.83. The lowest BCUT2D eigenvalue weighted by Crippen LogP contribution is -2.58. The summed E-state index contributed by atoms with van der Waals surface area (Å²) in [5.41, 5.74) is 2.15. The second-order valence-corrected chi connectivity index (χ2v) is 13.7. The van der Waals surface area contributed by atoms with Gasteiger partial charge in [0.05, 0.1) is 12.2 Å². The Morgan fingerprint density at radius 1 is 0.892 bits per heavy atom. The van der Waals surface area contributed by atoms with Crippen molar-refractivity contribution in [2.24, 2.45) is 46.3 Å². The molecule has 0 aliphatic heterocycles. The molecule has 4 rings (SSSR count). The van der Waals surface area contributed by atoms with Crippen LogP contribution in [0.5, 0.6) is 0 Å². The molecule has 0 unspecified atom stereocenters. The zero-order chi connectivity index (χ0) is 26.8. The number of hydrogen-bond donors (Lipinski definition) is 5. The summed E-state index contributed by atoms with van der Waals surface area (Å²) in [7, 11) is 0. The first-order chi connectivity index (χ1) is 17.6. The average Bonchev–Trinajstić information content (AvgIpc) is 3.22. The number of aliphatic hydroxyl groups is 2. The zero-order valence-electron chi connectivity index (χ0n) is 23.4. The second kappa shape index (κ2) is 11.9. The Morgan fingerprint density at radius 3 is 2.38 bits per heavy atom. The van der Waals surface area contributed by atoms with Gasteiger partial charge in [0.25, 0.3) is 0 Å². The Balaban J connectivity index is 1.27. The maximum atomic E-state index is 12.5.